The second-order valence-electron chi connectivity index (χ2n) is 3.60. The first-order chi connectivity index (χ1) is 7.84. The molecule has 1 N–H and O–H groups in total. The Bertz CT molecular complexity index is 562. The van der Waals surface area contributed by atoms with Gasteiger partial charge < -0.3 is 9.52 Å². The highest BCUT2D eigenvalue weighted by Gasteiger charge is 2.15. The maximum Gasteiger partial charge on any atom is 0.146 e. The Morgan fingerprint density at radius 3 is 2.75 bits per heavy atom. The van der Waals surface area contributed by atoms with E-state index >= 15 is 0 Å². The van der Waals surface area contributed by atoms with E-state index in [4.69, 9.17) is 4.42 Å². The summed E-state index contributed by atoms with van der Waals surface area (Å²) < 4.78 is 6.39. The van der Waals surface area contributed by atoms with Crippen LogP contribution in [0.2, 0.25) is 0 Å². The Kier molecular flexibility index (Phi) is 2.27. The second kappa shape index (κ2) is 3.77. The molecule has 0 saturated heterocycles. The summed E-state index contributed by atoms with van der Waals surface area (Å²) in [6.45, 7) is 0. The molecular weight excluding hydrogens is 220 g/mol. The summed E-state index contributed by atoms with van der Waals surface area (Å²) in [4.78, 5) is 0.913. The van der Waals surface area contributed by atoms with Gasteiger partial charge in [-0.3, -0.25) is 0 Å². The van der Waals surface area contributed by atoms with Crippen LogP contribution in [0.4, 0.5) is 0 Å². The van der Waals surface area contributed by atoms with Crippen LogP contribution in [0.15, 0.2) is 53.1 Å². The predicted octanol–water partition coefficient (Wildman–Crippen LogP) is 3.58. The predicted molar refractivity (Wildman–Crippen MR) is 64.6 cm³/mol. The van der Waals surface area contributed by atoms with Crippen LogP contribution in [0.5, 0.6) is 0 Å². The van der Waals surface area contributed by atoms with Crippen LogP contribution in [0, 0.1) is 0 Å². The van der Waals surface area contributed by atoms with Crippen molar-refractivity contribution in [3.05, 3.63) is 59.4 Å². The van der Waals surface area contributed by atoms with E-state index in [0.29, 0.717) is 5.76 Å². The molecule has 2 nitrogen and oxygen atoms in total. The lowest BCUT2D eigenvalue weighted by Crippen LogP contribution is -1.93. The molecule has 3 rings (SSSR count). The minimum Gasteiger partial charge on any atom is -0.466 e. The van der Waals surface area contributed by atoms with E-state index in [9.17, 15) is 5.11 Å². The highest BCUT2D eigenvalue weighted by Crippen LogP contribution is 2.32. The standard InChI is InChI=1S/C13H10O2S/c14-13(10-5-3-7-15-10)12-8-9-4-1-2-6-11(9)16-12/h1-8,13-14H. The number of aliphatic hydroxyl groups is 1. The molecule has 0 amide bonds. The molecule has 3 heteroatoms. The number of aliphatic hydroxyl groups excluding tert-OH is 1. The number of hydrogen-bond donors (Lipinski definition) is 1. The van der Waals surface area contributed by atoms with Gasteiger partial charge in [0.25, 0.3) is 0 Å². The van der Waals surface area contributed by atoms with Crippen molar-refractivity contribution in [2.24, 2.45) is 0 Å². The maximum absolute atomic E-state index is 10.1. The lowest BCUT2D eigenvalue weighted by molar-refractivity contribution is 0.193. The smallest absolute Gasteiger partial charge is 0.146 e. The molecule has 3 aromatic rings. The molecule has 0 aliphatic rings. The molecule has 1 atom stereocenters. The Morgan fingerprint density at radius 1 is 1.12 bits per heavy atom. The zero-order chi connectivity index (χ0) is 11.0. The van der Waals surface area contributed by atoms with Gasteiger partial charge in [-0.05, 0) is 29.7 Å². The molecule has 0 aliphatic heterocycles. The average molecular weight is 230 g/mol. The third-order valence-corrected chi connectivity index (χ3v) is 3.70. The van der Waals surface area contributed by atoms with Gasteiger partial charge in [0.1, 0.15) is 11.9 Å². The average Bonchev–Trinajstić information content (AvgIpc) is 2.97. The van der Waals surface area contributed by atoms with Gasteiger partial charge >= 0.3 is 0 Å². The maximum atomic E-state index is 10.1. The molecule has 2 heterocycles. The largest absolute Gasteiger partial charge is 0.466 e. The molecule has 0 bridgehead atoms. The fourth-order valence-electron chi connectivity index (χ4n) is 1.72. The third kappa shape index (κ3) is 1.54. The molecule has 0 saturated carbocycles. The van der Waals surface area contributed by atoms with Crippen molar-refractivity contribution < 1.29 is 9.52 Å². The lowest BCUT2D eigenvalue weighted by atomic mass is 10.2. The van der Waals surface area contributed by atoms with E-state index in [-0.39, 0.29) is 0 Å². The molecule has 0 fully saturated rings. The van der Waals surface area contributed by atoms with Crippen LogP contribution in [0.1, 0.15) is 16.7 Å². The van der Waals surface area contributed by atoms with Crippen LogP contribution < -0.4 is 0 Å². The van der Waals surface area contributed by atoms with Crippen molar-refractivity contribution >= 4 is 21.4 Å². The Balaban J connectivity index is 2.06. The van der Waals surface area contributed by atoms with Gasteiger partial charge in [0, 0.05) is 9.58 Å². The number of furan rings is 1. The molecule has 0 spiro atoms. The van der Waals surface area contributed by atoms with E-state index < -0.39 is 6.10 Å². The van der Waals surface area contributed by atoms with E-state index in [2.05, 4.69) is 6.07 Å². The molecule has 0 aliphatic carbocycles. The van der Waals surface area contributed by atoms with Crippen molar-refractivity contribution in [3.8, 4) is 0 Å². The number of rotatable bonds is 2. The Hall–Kier alpha value is -1.58. The summed E-state index contributed by atoms with van der Waals surface area (Å²) in [5.74, 6) is 0.589. The molecule has 80 valence electrons. The van der Waals surface area contributed by atoms with Gasteiger partial charge in [-0.1, -0.05) is 18.2 Å². The van der Waals surface area contributed by atoms with Crippen LogP contribution in [0.25, 0.3) is 10.1 Å². The van der Waals surface area contributed by atoms with Gasteiger partial charge in [0.05, 0.1) is 6.26 Å². The first-order valence-electron chi connectivity index (χ1n) is 5.04. The van der Waals surface area contributed by atoms with E-state index in [1.165, 1.54) is 4.70 Å². The van der Waals surface area contributed by atoms with Gasteiger partial charge in [-0.25, -0.2) is 0 Å². The quantitative estimate of drug-likeness (QED) is 0.730. The topological polar surface area (TPSA) is 33.4 Å². The van der Waals surface area contributed by atoms with Crippen LogP contribution in [0.3, 0.4) is 0 Å². The second-order valence-corrected chi connectivity index (χ2v) is 4.72. The van der Waals surface area contributed by atoms with Crippen LogP contribution in [-0.4, -0.2) is 5.11 Å². The SMILES string of the molecule is OC(c1ccco1)c1cc2ccccc2s1. The van der Waals surface area contributed by atoms with Gasteiger partial charge in [0.15, 0.2) is 0 Å². The van der Waals surface area contributed by atoms with E-state index in [1.54, 1.807) is 29.7 Å². The zero-order valence-electron chi connectivity index (χ0n) is 8.46. The van der Waals surface area contributed by atoms with E-state index in [0.717, 1.165) is 10.3 Å². The van der Waals surface area contributed by atoms with Gasteiger partial charge in [0.2, 0.25) is 0 Å². The van der Waals surface area contributed by atoms with Crippen molar-refractivity contribution in [1.29, 1.82) is 0 Å². The summed E-state index contributed by atoms with van der Waals surface area (Å²) in [6, 6.07) is 13.7. The molecule has 1 unspecified atom stereocenters. The third-order valence-electron chi connectivity index (χ3n) is 2.53. The summed E-state index contributed by atoms with van der Waals surface area (Å²) >= 11 is 1.59. The first kappa shape index (κ1) is 9.63. The van der Waals surface area contributed by atoms with Crippen molar-refractivity contribution in [3.63, 3.8) is 0 Å². The number of thiophene rings is 1. The minimum atomic E-state index is -0.660. The molecular formula is C13H10O2S. The van der Waals surface area contributed by atoms with Crippen molar-refractivity contribution in [1.82, 2.24) is 0 Å². The van der Waals surface area contributed by atoms with Gasteiger partial charge in [-0.15, -0.1) is 11.3 Å². The van der Waals surface area contributed by atoms with Crippen LogP contribution in [-0.2, 0) is 0 Å². The molecule has 16 heavy (non-hydrogen) atoms. The number of benzene rings is 1. The lowest BCUT2D eigenvalue weighted by Gasteiger charge is -2.03. The normalized spacial score (nSPS) is 13.1. The molecule has 0 radical (unpaired) electrons. The fraction of sp³-hybridized carbons (Fsp3) is 0.0769. The summed E-state index contributed by atoms with van der Waals surface area (Å²) in [5.41, 5.74) is 0. The summed E-state index contributed by atoms with van der Waals surface area (Å²) in [5, 5.41) is 11.3. The molecule has 2 aromatic heterocycles. The zero-order valence-corrected chi connectivity index (χ0v) is 9.28. The monoisotopic (exact) mass is 230 g/mol. The van der Waals surface area contributed by atoms with Crippen molar-refractivity contribution in [2.45, 2.75) is 6.10 Å². The number of hydrogen-bond acceptors (Lipinski definition) is 3. The summed E-state index contributed by atoms with van der Waals surface area (Å²) in [7, 11) is 0. The summed E-state index contributed by atoms with van der Waals surface area (Å²) in [6.07, 6.45) is 0.915. The van der Waals surface area contributed by atoms with Gasteiger partial charge in [-0.2, -0.15) is 0 Å². The highest BCUT2D eigenvalue weighted by atomic mass is 32.1. The minimum absolute atomic E-state index is 0.589. The number of fused-ring (bicyclic) bond motifs is 1. The first-order valence-corrected chi connectivity index (χ1v) is 5.86. The van der Waals surface area contributed by atoms with E-state index in [1.807, 2.05) is 24.3 Å². The Morgan fingerprint density at radius 2 is 2.00 bits per heavy atom. The Labute approximate surface area is 96.8 Å². The van der Waals surface area contributed by atoms with Crippen LogP contribution >= 0.6 is 11.3 Å². The molecule has 1 aromatic carbocycles. The highest BCUT2D eigenvalue weighted by molar-refractivity contribution is 7.19. The van der Waals surface area contributed by atoms with Crippen molar-refractivity contribution in [2.75, 3.05) is 0 Å². The fourth-order valence-corrected chi connectivity index (χ4v) is 2.78.